The van der Waals surface area contributed by atoms with Crippen molar-refractivity contribution in [2.45, 2.75) is 6.42 Å². The summed E-state index contributed by atoms with van der Waals surface area (Å²) < 4.78 is 0. The van der Waals surface area contributed by atoms with Crippen molar-refractivity contribution in [1.29, 1.82) is 0 Å². The minimum absolute atomic E-state index is 0.103. The van der Waals surface area contributed by atoms with Crippen molar-refractivity contribution < 1.29 is 4.79 Å². The molecule has 1 atom stereocenters. The van der Waals surface area contributed by atoms with Crippen LogP contribution in [0.5, 0.6) is 0 Å². The number of anilines is 1. The number of likely N-dealkylation sites (tertiary alicyclic amines) is 1. The van der Waals surface area contributed by atoms with Crippen molar-refractivity contribution >= 4 is 11.6 Å². The Morgan fingerprint density at radius 3 is 2.95 bits per heavy atom. The number of carbonyl (C=O) groups excluding carboxylic acids is 1. The van der Waals surface area contributed by atoms with Gasteiger partial charge in [-0.3, -0.25) is 4.79 Å². The third-order valence-corrected chi connectivity index (χ3v) is 3.77. The van der Waals surface area contributed by atoms with E-state index in [2.05, 4.69) is 17.3 Å². The molecule has 1 aromatic rings. The molecule has 1 unspecified atom stereocenters. The second-order valence-corrected chi connectivity index (χ2v) is 5.43. The maximum absolute atomic E-state index is 12.4. The number of rotatable bonds is 4. The van der Waals surface area contributed by atoms with Crippen LogP contribution in [0, 0.1) is 5.92 Å². The van der Waals surface area contributed by atoms with E-state index < -0.39 is 0 Å². The lowest BCUT2D eigenvalue weighted by atomic mass is 10.1. The zero-order valence-electron chi connectivity index (χ0n) is 12.0. The fourth-order valence-corrected chi connectivity index (χ4v) is 2.67. The molecule has 4 nitrogen and oxygen atoms in total. The summed E-state index contributed by atoms with van der Waals surface area (Å²) in [6.07, 6.45) is 1.19. The van der Waals surface area contributed by atoms with E-state index in [1.54, 1.807) is 0 Å². The van der Waals surface area contributed by atoms with Crippen LogP contribution in [0.25, 0.3) is 0 Å². The number of nitrogens with zero attached hydrogens (tertiary/aromatic N) is 2. The lowest BCUT2D eigenvalue weighted by Crippen LogP contribution is -2.32. The van der Waals surface area contributed by atoms with Gasteiger partial charge >= 0.3 is 0 Å². The van der Waals surface area contributed by atoms with Crippen LogP contribution in [0.1, 0.15) is 16.8 Å². The molecule has 1 N–H and O–H groups in total. The minimum atomic E-state index is 0.103. The van der Waals surface area contributed by atoms with Crippen molar-refractivity contribution in [1.82, 2.24) is 9.80 Å². The number of benzene rings is 1. The monoisotopic (exact) mass is 261 g/mol. The van der Waals surface area contributed by atoms with Crippen molar-refractivity contribution in [3.05, 3.63) is 29.8 Å². The molecule has 1 aliphatic heterocycles. The molecule has 0 bridgehead atoms. The summed E-state index contributed by atoms with van der Waals surface area (Å²) in [6, 6.07) is 7.65. The summed E-state index contributed by atoms with van der Waals surface area (Å²) >= 11 is 0. The van der Waals surface area contributed by atoms with Crippen molar-refractivity contribution in [3.8, 4) is 0 Å². The highest BCUT2D eigenvalue weighted by atomic mass is 16.2. The van der Waals surface area contributed by atoms with E-state index in [1.165, 1.54) is 6.42 Å². The molecule has 1 aromatic carbocycles. The largest absolute Gasteiger partial charge is 0.388 e. The first kappa shape index (κ1) is 13.9. The van der Waals surface area contributed by atoms with Gasteiger partial charge in [-0.15, -0.1) is 0 Å². The smallest absolute Gasteiger partial charge is 0.253 e. The van der Waals surface area contributed by atoms with Crippen LogP contribution in [0.4, 0.5) is 5.69 Å². The third kappa shape index (κ3) is 3.47. The quantitative estimate of drug-likeness (QED) is 0.897. The van der Waals surface area contributed by atoms with Gasteiger partial charge in [0, 0.05) is 38.4 Å². The Kier molecular flexibility index (Phi) is 4.43. The molecule has 2 rings (SSSR count). The summed E-state index contributed by atoms with van der Waals surface area (Å²) in [6.45, 7) is 3.07. The van der Waals surface area contributed by atoms with Gasteiger partial charge in [0.05, 0.1) is 0 Å². The van der Waals surface area contributed by atoms with E-state index in [9.17, 15) is 4.79 Å². The first-order valence-corrected chi connectivity index (χ1v) is 6.82. The molecule has 1 aliphatic rings. The summed E-state index contributed by atoms with van der Waals surface area (Å²) in [5.74, 6) is 0.707. The predicted molar refractivity (Wildman–Crippen MR) is 78.6 cm³/mol. The van der Waals surface area contributed by atoms with Crippen LogP contribution in [0.2, 0.25) is 0 Å². The molecule has 4 heteroatoms. The number of hydrogen-bond acceptors (Lipinski definition) is 3. The highest BCUT2D eigenvalue weighted by molar-refractivity contribution is 5.95. The first-order chi connectivity index (χ1) is 9.10. The summed E-state index contributed by atoms with van der Waals surface area (Å²) in [5, 5.41) is 3.06. The zero-order chi connectivity index (χ0) is 13.8. The van der Waals surface area contributed by atoms with Gasteiger partial charge in [-0.1, -0.05) is 6.07 Å². The Hall–Kier alpha value is -1.55. The molecule has 0 saturated carbocycles. The maximum Gasteiger partial charge on any atom is 0.253 e. The van der Waals surface area contributed by atoms with Gasteiger partial charge in [0.1, 0.15) is 0 Å². The van der Waals surface area contributed by atoms with E-state index in [0.717, 1.165) is 30.9 Å². The van der Waals surface area contributed by atoms with Crippen LogP contribution in [0.3, 0.4) is 0 Å². The molecule has 0 spiro atoms. The Morgan fingerprint density at radius 1 is 1.53 bits per heavy atom. The fourth-order valence-electron chi connectivity index (χ4n) is 2.67. The Morgan fingerprint density at radius 2 is 2.32 bits per heavy atom. The lowest BCUT2D eigenvalue weighted by Gasteiger charge is -2.21. The van der Waals surface area contributed by atoms with Crippen molar-refractivity contribution in [2.24, 2.45) is 5.92 Å². The zero-order valence-corrected chi connectivity index (χ0v) is 12.0. The molecular weight excluding hydrogens is 238 g/mol. The van der Waals surface area contributed by atoms with Gasteiger partial charge < -0.3 is 15.1 Å². The highest BCUT2D eigenvalue weighted by Gasteiger charge is 2.23. The van der Waals surface area contributed by atoms with Gasteiger partial charge in [-0.05, 0) is 44.1 Å². The Balaban J connectivity index is 1.98. The molecule has 1 saturated heterocycles. The van der Waals surface area contributed by atoms with Gasteiger partial charge in [0.25, 0.3) is 5.91 Å². The highest BCUT2D eigenvalue weighted by Crippen LogP contribution is 2.17. The van der Waals surface area contributed by atoms with Crippen molar-refractivity contribution in [3.63, 3.8) is 0 Å². The van der Waals surface area contributed by atoms with Crippen LogP contribution >= 0.6 is 0 Å². The van der Waals surface area contributed by atoms with E-state index in [0.29, 0.717) is 5.92 Å². The standard InChI is InChI=1S/C15H23N3O/c1-16-14-6-4-5-13(9-14)15(19)18(3)11-12-7-8-17(2)10-12/h4-6,9,12,16H,7-8,10-11H2,1-3H3. The third-order valence-electron chi connectivity index (χ3n) is 3.77. The SMILES string of the molecule is CNc1cccc(C(=O)N(C)CC2CCN(C)C2)c1. The van der Waals surface area contributed by atoms with Gasteiger partial charge in [0.15, 0.2) is 0 Å². The average Bonchev–Trinajstić information content (AvgIpc) is 2.83. The number of amides is 1. The molecule has 0 aliphatic carbocycles. The molecule has 1 fully saturated rings. The number of hydrogen-bond donors (Lipinski definition) is 1. The van der Waals surface area contributed by atoms with Gasteiger partial charge in [0.2, 0.25) is 0 Å². The Bertz CT molecular complexity index is 447. The average molecular weight is 261 g/mol. The minimum Gasteiger partial charge on any atom is -0.388 e. The molecule has 1 heterocycles. The molecule has 1 amide bonds. The van der Waals surface area contributed by atoms with Gasteiger partial charge in [-0.25, -0.2) is 0 Å². The van der Waals surface area contributed by atoms with E-state index in [-0.39, 0.29) is 5.91 Å². The van der Waals surface area contributed by atoms with Crippen molar-refractivity contribution in [2.75, 3.05) is 46.1 Å². The molecule has 0 aromatic heterocycles. The molecule has 104 valence electrons. The number of nitrogens with one attached hydrogen (secondary N) is 1. The van der Waals surface area contributed by atoms with E-state index in [4.69, 9.17) is 0 Å². The fraction of sp³-hybridized carbons (Fsp3) is 0.533. The van der Waals surface area contributed by atoms with Crippen LogP contribution in [-0.4, -0.2) is 56.5 Å². The summed E-state index contributed by atoms with van der Waals surface area (Å²) in [4.78, 5) is 16.5. The first-order valence-electron chi connectivity index (χ1n) is 6.82. The predicted octanol–water partition coefficient (Wildman–Crippen LogP) is 1.75. The molecule has 19 heavy (non-hydrogen) atoms. The maximum atomic E-state index is 12.4. The molecular formula is C15H23N3O. The van der Waals surface area contributed by atoms with Crippen LogP contribution in [0.15, 0.2) is 24.3 Å². The molecule has 0 radical (unpaired) electrons. The van der Waals surface area contributed by atoms with E-state index >= 15 is 0 Å². The summed E-state index contributed by atoms with van der Waals surface area (Å²) in [7, 11) is 5.90. The second-order valence-electron chi connectivity index (χ2n) is 5.43. The summed E-state index contributed by atoms with van der Waals surface area (Å²) in [5.41, 5.74) is 1.72. The second kappa shape index (κ2) is 6.06. The number of carbonyl (C=O) groups is 1. The normalized spacial score (nSPS) is 19.4. The van der Waals surface area contributed by atoms with Crippen LogP contribution in [-0.2, 0) is 0 Å². The van der Waals surface area contributed by atoms with Gasteiger partial charge in [-0.2, -0.15) is 0 Å². The van der Waals surface area contributed by atoms with Crippen LogP contribution < -0.4 is 5.32 Å². The lowest BCUT2D eigenvalue weighted by molar-refractivity contribution is 0.0774. The topological polar surface area (TPSA) is 35.6 Å². The van der Waals surface area contributed by atoms with E-state index in [1.807, 2.05) is 43.3 Å². The Labute approximate surface area is 115 Å².